The number of anilines is 2. The van der Waals surface area contributed by atoms with Gasteiger partial charge < -0.3 is 20.9 Å². The summed E-state index contributed by atoms with van der Waals surface area (Å²) in [5, 5.41) is 9.09. The summed E-state index contributed by atoms with van der Waals surface area (Å²) in [6.45, 7) is 0. The Morgan fingerprint density at radius 1 is 1.08 bits per heavy atom. The summed E-state index contributed by atoms with van der Waals surface area (Å²) < 4.78 is 0. The summed E-state index contributed by atoms with van der Waals surface area (Å²) in [4.78, 5) is 40.0. The van der Waals surface area contributed by atoms with Crippen LogP contribution in [0.15, 0.2) is 54.7 Å². The van der Waals surface area contributed by atoms with Crippen LogP contribution in [0.5, 0.6) is 0 Å². The van der Waals surface area contributed by atoms with Crippen molar-refractivity contribution in [3.05, 3.63) is 60.3 Å². The fourth-order valence-corrected chi connectivity index (χ4v) is 2.98. The second-order valence-electron chi connectivity index (χ2n) is 6.09. The van der Waals surface area contributed by atoms with E-state index >= 15 is 0 Å². The average molecular weight is 348 g/mol. The van der Waals surface area contributed by atoms with Gasteiger partial charge in [-0.15, -0.1) is 0 Å². The molecule has 1 aromatic heterocycles. The maximum atomic E-state index is 12.3. The standard InChI is InChI=1S/C19H16N4O3/c24-17(21-12-6-5-11-7-8-20-15(11)9-12)10-16-19(26)22-14-4-2-1-3-13(14)18(25)23-16/h1-9,16,20H,10H2,(H,21,24)(H,22,26)(H,23,25). The molecule has 7 heteroatoms. The number of carbonyl (C=O) groups excluding carboxylic acids is 3. The molecule has 0 fully saturated rings. The molecule has 0 aliphatic carbocycles. The molecule has 26 heavy (non-hydrogen) atoms. The minimum absolute atomic E-state index is 0.158. The smallest absolute Gasteiger partial charge is 0.254 e. The molecule has 0 saturated heterocycles. The average Bonchev–Trinajstić information content (AvgIpc) is 3.04. The number of hydrogen-bond acceptors (Lipinski definition) is 3. The van der Waals surface area contributed by atoms with Crippen LogP contribution in [-0.4, -0.2) is 28.7 Å². The van der Waals surface area contributed by atoms with E-state index in [4.69, 9.17) is 0 Å². The van der Waals surface area contributed by atoms with Crippen molar-refractivity contribution in [1.29, 1.82) is 0 Å². The number of rotatable bonds is 3. The van der Waals surface area contributed by atoms with Crippen LogP contribution < -0.4 is 16.0 Å². The maximum Gasteiger partial charge on any atom is 0.254 e. The van der Waals surface area contributed by atoms with Crippen LogP contribution in [0.2, 0.25) is 0 Å². The van der Waals surface area contributed by atoms with Crippen LogP contribution in [0.4, 0.5) is 11.4 Å². The summed E-state index contributed by atoms with van der Waals surface area (Å²) in [5.74, 6) is -1.16. The van der Waals surface area contributed by atoms with Gasteiger partial charge in [-0.2, -0.15) is 0 Å². The molecule has 0 radical (unpaired) electrons. The van der Waals surface area contributed by atoms with Gasteiger partial charge in [0.1, 0.15) is 6.04 Å². The number of benzene rings is 2. The van der Waals surface area contributed by atoms with E-state index in [2.05, 4.69) is 20.9 Å². The van der Waals surface area contributed by atoms with Crippen molar-refractivity contribution in [2.75, 3.05) is 10.6 Å². The maximum absolute atomic E-state index is 12.3. The molecule has 130 valence electrons. The van der Waals surface area contributed by atoms with Gasteiger partial charge in [-0.25, -0.2) is 0 Å². The van der Waals surface area contributed by atoms with Crippen LogP contribution >= 0.6 is 0 Å². The highest BCUT2D eigenvalue weighted by atomic mass is 16.2. The Balaban J connectivity index is 1.47. The zero-order valence-corrected chi connectivity index (χ0v) is 13.7. The molecule has 7 nitrogen and oxygen atoms in total. The van der Waals surface area contributed by atoms with Gasteiger partial charge in [-0.05, 0) is 35.7 Å². The molecule has 0 spiro atoms. The SMILES string of the molecule is O=C(CC1NC(=O)c2ccccc2NC1=O)Nc1ccc2cc[nH]c2c1. The van der Waals surface area contributed by atoms with Crippen LogP contribution in [-0.2, 0) is 9.59 Å². The molecule has 0 bridgehead atoms. The third-order valence-electron chi connectivity index (χ3n) is 4.28. The van der Waals surface area contributed by atoms with Crippen molar-refractivity contribution in [2.24, 2.45) is 0 Å². The summed E-state index contributed by atoms with van der Waals surface area (Å²) in [7, 11) is 0. The zero-order valence-electron chi connectivity index (χ0n) is 13.7. The highest BCUT2D eigenvalue weighted by molar-refractivity contribution is 6.11. The largest absolute Gasteiger partial charge is 0.361 e. The number of amides is 3. The van der Waals surface area contributed by atoms with Crippen LogP contribution in [0.1, 0.15) is 16.8 Å². The van der Waals surface area contributed by atoms with Crippen LogP contribution in [0, 0.1) is 0 Å². The van der Waals surface area contributed by atoms with Crippen molar-refractivity contribution in [3.63, 3.8) is 0 Å². The van der Waals surface area contributed by atoms with Crippen LogP contribution in [0.3, 0.4) is 0 Å². The monoisotopic (exact) mass is 348 g/mol. The lowest BCUT2D eigenvalue weighted by atomic mass is 10.1. The Kier molecular flexibility index (Phi) is 3.89. The topological polar surface area (TPSA) is 103 Å². The second kappa shape index (κ2) is 6.36. The molecule has 2 aromatic carbocycles. The molecular weight excluding hydrogens is 332 g/mol. The van der Waals surface area contributed by atoms with Gasteiger partial charge >= 0.3 is 0 Å². The lowest BCUT2D eigenvalue weighted by Gasteiger charge is -2.14. The van der Waals surface area contributed by atoms with E-state index in [0.29, 0.717) is 16.9 Å². The molecular formula is C19H16N4O3. The van der Waals surface area contributed by atoms with E-state index in [9.17, 15) is 14.4 Å². The van der Waals surface area contributed by atoms with Gasteiger partial charge in [0.2, 0.25) is 11.8 Å². The number of fused-ring (bicyclic) bond motifs is 2. The molecule has 2 heterocycles. The fraction of sp³-hybridized carbons (Fsp3) is 0.105. The predicted molar refractivity (Wildman–Crippen MR) is 97.9 cm³/mol. The van der Waals surface area contributed by atoms with Gasteiger partial charge in [0.25, 0.3) is 5.91 Å². The predicted octanol–water partition coefficient (Wildman–Crippen LogP) is 2.25. The van der Waals surface area contributed by atoms with E-state index in [1.54, 1.807) is 30.3 Å². The van der Waals surface area contributed by atoms with E-state index < -0.39 is 11.9 Å². The quantitative estimate of drug-likeness (QED) is 0.584. The van der Waals surface area contributed by atoms with Crippen molar-refractivity contribution in [1.82, 2.24) is 10.3 Å². The van der Waals surface area contributed by atoms with E-state index in [0.717, 1.165) is 10.9 Å². The zero-order chi connectivity index (χ0) is 18.1. The van der Waals surface area contributed by atoms with Gasteiger partial charge in [0.05, 0.1) is 17.7 Å². The summed E-state index contributed by atoms with van der Waals surface area (Å²) in [5.41, 5.74) is 2.34. The van der Waals surface area contributed by atoms with Gasteiger partial charge in [0.15, 0.2) is 0 Å². The lowest BCUT2D eigenvalue weighted by Crippen LogP contribution is -2.43. The molecule has 4 N–H and O–H groups in total. The molecule has 1 atom stereocenters. The number of nitrogens with one attached hydrogen (secondary N) is 4. The van der Waals surface area contributed by atoms with Gasteiger partial charge in [-0.3, -0.25) is 14.4 Å². The highest BCUT2D eigenvalue weighted by Gasteiger charge is 2.29. The molecule has 1 aliphatic heterocycles. The van der Waals surface area contributed by atoms with Crippen molar-refractivity contribution >= 4 is 40.0 Å². The van der Waals surface area contributed by atoms with Crippen molar-refractivity contribution < 1.29 is 14.4 Å². The fourth-order valence-electron chi connectivity index (χ4n) is 2.98. The van der Waals surface area contributed by atoms with E-state index in [1.807, 2.05) is 24.4 Å². The third kappa shape index (κ3) is 3.02. The summed E-state index contributed by atoms with van der Waals surface area (Å²) >= 11 is 0. The minimum Gasteiger partial charge on any atom is -0.361 e. The number of para-hydroxylation sites is 1. The van der Waals surface area contributed by atoms with E-state index in [1.165, 1.54) is 0 Å². The van der Waals surface area contributed by atoms with Gasteiger partial charge in [0, 0.05) is 17.4 Å². The number of aromatic amines is 1. The Morgan fingerprint density at radius 2 is 1.92 bits per heavy atom. The second-order valence-corrected chi connectivity index (χ2v) is 6.09. The molecule has 3 aromatic rings. The summed E-state index contributed by atoms with van der Waals surface area (Å²) in [6.07, 6.45) is 1.66. The van der Waals surface area contributed by atoms with Gasteiger partial charge in [-0.1, -0.05) is 18.2 Å². The summed E-state index contributed by atoms with van der Waals surface area (Å²) in [6, 6.07) is 13.2. The number of hydrogen-bond donors (Lipinski definition) is 4. The molecule has 4 rings (SSSR count). The Morgan fingerprint density at radius 3 is 2.81 bits per heavy atom. The van der Waals surface area contributed by atoms with E-state index in [-0.39, 0.29) is 18.2 Å². The molecule has 1 unspecified atom stereocenters. The normalized spacial score (nSPS) is 16.4. The van der Waals surface area contributed by atoms with Crippen molar-refractivity contribution in [3.8, 4) is 0 Å². The molecule has 1 aliphatic rings. The first-order valence-corrected chi connectivity index (χ1v) is 8.18. The highest BCUT2D eigenvalue weighted by Crippen LogP contribution is 2.20. The third-order valence-corrected chi connectivity index (χ3v) is 4.28. The number of carbonyl (C=O) groups is 3. The molecule has 0 saturated carbocycles. The first-order valence-electron chi connectivity index (χ1n) is 8.18. The minimum atomic E-state index is -0.941. The number of aromatic nitrogens is 1. The van der Waals surface area contributed by atoms with Crippen LogP contribution in [0.25, 0.3) is 10.9 Å². The van der Waals surface area contributed by atoms with Crippen molar-refractivity contribution in [2.45, 2.75) is 12.5 Å². The lowest BCUT2D eigenvalue weighted by molar-refractivity contribution is -0.122. The molecule has 3 amide bonds. The number of H-pyrrole nitrogens is 1. The Bertz CT molecular complexity index is 1020. The first-order chi connectivity index (χ1) is 12.6. The first kappa shape index (κ1) is 15.9. The Labute approximate surface area is 148 Å². The Hall–Kier alpha value is -3.61.